The lowest BCUT2D eigenvalue weighted by molar-refractivity contribution is -0.120. The minimum absolute atomic E-state index is 0.146. The molecular formula is C17H13FN2O2S. The number of carbonyl (C=O) groups is 1. The van der Waals surface area contributed by atoms with Crippen LogP contribution < -0.4 is 5.32 Å². The van der Waals surface area contributed by atoms with Crippen molar-refractivity contribution in [2.75, 3.05) is 0 Å². The highest BCUT2D eigenvalue weighted by molar-refractivity contribution is 8.02. The lowest BCUT2D eigenvalue weighted by Crippen LogP contribution is -2.30. The third kappa shape index (κ3) is 3.46. The maximum Gasteiger partial charge on any atom is 0.225 e. The summed E-state index contributed by atoms with van der Waals surface area (Å²) in [4.78, 5) is 11.9. The topological polar surface area (TPSA) is 66.0 Å². The van der Waals surface area contributed by atoms with Gasteiger partial charge < -0.3 is 9.73 Å². The van der Waals surface area contributed by atoms with E-state index in [-0.39, 0.29) is 24.1 Å². The second-order valence-corrected chi connectivity index (χ2v) is 6.08. The first-order valence-electron chi connectivity index (χ1n) is 7.02. The summed E-state index contributed by atoms with van der Waals surface area (Å²) in [7, 11) is 0. The monoisotopic (exact) mass is 328 g/mol. The summed E-state index contributed by atoms with van der Waals surface area (Å²) < 4.78 is 18.3. The van der Waals surface area contributed by atoms with Crippen LogP contribution in [-0.2, 0) is 10.5 Å². The Balaban J connectivity index is 1.83. The molecule has 1 amide bonds. The smallest absolute Gasteiger partial charge is 0.225 e. The zero-order chi connectivity index (χ0) is 16.2. The summed E-state index contributed by atoms with van der Waals surface area (Å²) in [6.45, 7) is 0. The van der Waals surface area contributed by atoms with Crippen molar-refractivity contribution in [2.24, 2.45) is 0 Å². The zero-order valence-electron chi connectivity index (χ0n) is 12.1. The fraction of sp³-hybridized carbons (Fsp3) is 0.176. The highest BCUT2D eigenvalue weighted by Gasteiger charge is 2.31. The molecular weight excluding hydrogens is 315 g/mol. The Labute approximate surface area is 137 Å². The average molecular weight is 328 g/mol. The number of carbonyl (C=O) groups excluding carboxylic acids is 1. The van der Waals surface area contributed by atoms with Crippen LogP contribution in [0.5, 0.6) is 0 Å². The van der Waals surface area contributed by atoms with E-state index >= 15 is 0 Å². The molecule has 2 heterocycles. The van der Waals surface area contributed by atoms with E-state index in [9.17, 15) is 14.4 Å². The van der Waals surface area contributed by atoms with Gasteiger partial charge in [0.05, 0.1) is 28.9 Å². The summed E-state index contributed by atoms with van der Waals surface area (Å²) >= 11 is 1.35. The summed E-state index contributed by atoms with van der Waals surface area (Å²) in [5.41, 5.74) is 1.40. The van der Waals surface area contributed by atoms with Crippen molar-refractivity contribution in [3.05, 3.63) is 70.4 Å². The maximum absolute atomic E-state index is 12.9. The molecule has 0 aliphatic carbocycles. The van der Waals surface area contributed by atoms with Gasteiger partial charge in [-0.15, -0.1) is 11.8 Å². The lowest BCUT2D eigenvalue weighted by atomic mass is 9.92. The van der Waals surface area contributed by atoms with Gasteiger partial charge in [-0.1, -0.05) is 12.1 Å². The molecule has 0 unspecified atom stereocenters. The number of nitrogens with one attached hydrogen (secondary N) is 1. The maximum atomic E-state index is 12.9. The van der Waals surface area contributed by atoms with E-state index in [1.165, 1.54) is 30.2 Å². The molecule has 0 fully saturated rings. The molecule has 1 atom stereocenters. The minimum Gasteiger partial charge on any atom is -0.469 e. The van der Waals surface area contributed by atoms with Crippen molar-refractivity contribution in [2.45, 2.75) is 18.1 Å². The second kappa shape index (κ2) is 6.71. The predicted octanol–water partition coefficient (Wildman–Crippen LogP) is 3.69. The molecule has 1 aromatic heterocycles. The van der Waals surface area contributed by atoms with Gasteiger partial charge >= 0.3 is 0 Å². The van der Waals surface area contributed by atoms with Gasteiger partial charge in [0.25, 0.3) is 0 Å². The highest BCUT2D eigenvalue weighted by atomic mass is 32.2. The van der Waals surface area contributed by atoms with Gasteiger partial charge in [0.2, 0.25) is 5.91 Å². The van der Waals surface area contributed by atoms with Crippen molar-refractivity contribution in [3.63, 3.8) is 0 Å². The van der Waals surface area contributed by atoms with Gasteiger partial charge in [-0.3, -0.25) is 4.79 Å². The highest BCUT2D eigenvalue weighted by Crippen LogP contribution is 2.36. The van der Waals surface area contributed by atoms with Gasteiger partial charge in [-0.25, -0.2) is 4.39 Å². The number of amides is 1. The van der Waals surface area contributed by atoms with Gasteiger partial charge in [-0.2, -0.15) is 5.26 Å². The first kappa shape index (κ1) is 15.4. The van der Waals surface area contributed by atoms with Crippen molar-refractivity contribution in [1.82, 2.24) is 5.32 Å². The SMILES string of the molecule is N#CC1=C(SCc2ccc(F)cc2)NC(=O)C[C@@H]1c1ccco1. The summed E-state index contributed by atoms with van der Waals surface area (Å²) in [6.07, 6.45) is 1.72. The number of hydrogen-bond acceptors (Lipinski definition) is 4. The quantitative estimate of drug-likeness (QED) is 0.929. The Hall–Kier alpha value is -2.52. The van der Waals surface area contributed by atoms with Crippen LogP contribution in [0.2, 0.25) is 0 Å². The number of hydrogen-bond donors (Lipinski definition) is 1. The number of nitriles is 1. The van der Waals surface area contributed by atoms with Crippen molar-refractivity contribution >= 4 is 17.7 Å². The number of rotatable bonds is 4. The molecule has 0 saturated carbocycles. The number of benzene rings is 1. The zero-order valence-corrected chi connectivity index (χ0v) is 12.9. The van der Waals surface area contributed by atoms with Gasteiger partial charge in [0.1, 0.15) is 11.6 Å². The van der Waals surface area contributed by atoms with Crippen molar-refractivity contribution in [3.8, 4) is 6.07 Å². The van der Waals surface area contributed by atoms with Crippen LogP contribution >= 0.6 is 11.8 Å². The van der Waals surface area contributed by atoms with Crippen molar-refractivity contribution < 1.29 is 13.6 Å². The average Bonchev–Trinajstić information content (AvgIpc) is 3.08. The Bertz CT molecular complexity index is 776. The Morgan fingerprint density at radius 1 is 1.35 bits per heavy atom. The molecule has 0 radical (unpaired) electrons. The Kier molecular flexibility index (Phi) is 4.49. The molecule has 0 saturated heterocycles. The van der Waals surface area contributed by atoms with Crippen LogP contribution in [0, 0.1) is 17.1 Å². The van der Waals surface area contributed by atoms with Crippen LogP contribution in [0.1, 0.15) is 23.7 Å². The third-order valence-electron chi connectivity index (χ3n) is 3.54. The first-order valence-corrected chi connectivity index (χ1v) is 8.00. The summed E-state index contributed by atoms with van der Waals surface area (Å²) in [5, 5.41) is 12.8. The molecule has 6 heteroatoms. The van der Waals surface area contributed by atoms with Crippen LogP contribution in [0.15, 0.2) is 57.7 Å². The van der Waals surface area contributed by atoms with Crippen LogP contribution in [0.25, 0.3) is 0 Å². The second-order valence-electron chi connectivity index (χ2n) is 5.09. The van der Waals surface area contributed by atoms with Crippen molar-refractivity contribution in [1.29, 1.82) is 5.26 Å². The minimum atomic E-state index is -0.362. The first-order chi connectivity index (χ1) is 11.2. The van der Waals surface area contributed by atoms with Crippen LogP contribution in [-0.4, -0.2) is 5.91 Å². The number of thioether (sulfide) groups is 1. The molecule has 4 nitrogen and oxygen atoms in total. The summed E-state index contributed by atoms with van der Waals surface area (Å²) in [5.74, 6) is 0.341. The Morgan fingerprint density at radius 3 is 2.78 bits per heavy atom. The molecule has 3 rings (SSSR count). The van der Waals surface area contributed by atoms with E-state index < -0.39 is 0 Å². The molecule has 2 aromatic rings. The normalized spacial score (nSPS) is 17.7. The third-order valence-corrected chi connectivity index (χ3v) is 4.63. The molecule has 23 heavy (non-hydrogen) atoms. The van der Waals surface area contributed by atoms with E-state index in [2.05, 4.69) is 11.4 Å². The van der Waals surface area contributed by atoms with E-state index in [4.69, 9.17) is 4.42 Å². The molecule has 1 aliphatic rings. The lowest BCUT2D eigenvalue weighted by Gasteiger charge is -2.23. The van der Waals surface area contributed by atoms with Crippen LogP contribution in [0.3, 0.4) is 0 Å². The number of halogens is 1. The molecule has 1 N–H and O–H groups in total. The van der Waals surface area contributed by atoms with Gasteiger partial charge in [-0.05, 0) is 29.8 Å². The standard InChI is InChI=1S/C17H13FN2O2S/c18-12-5-3-11(4-6-12)10-23-17-14(9-19)13(8-16(21)20-17)15-2-1-7-22-15/h1-7,13H,8,10H2,(H,20,21)/t13-/m0/s1. The Morgan fingerprint density at radius 2 is 2.13 bits per heavy atom. The van der Waals surface area contributed by atoms with E-state index in [0.717, 1.165) is 5.56 Å². The van der Waals surface area contributed by atoms with Gasteiger partial charge in [0.15, 0.2) is 0 Å². The molecule has 0 spiro atoms. The van der Waals surface area contributed by atoms with Crippen LogP contribution in [0.4, 0.5) is 4.39 Å². The molecule has 116 valence electrons. The number of allylic oxidation sites excluding steroid dienone is 1. The predicted molar refractivity (Wildman–Crippen MR) is 84.5 cm³/mol. The fourth-order valence-electron chi connectivity index (χ4n) is 2.40. The van der Waals surface area contributed by atoms with Gasteiger partial charge in [0, 0.05) is 12.2 Å². The largest absolute Gasteiger partial charge is 0.469 e. The number of nitrogens with zero attached hydrogens (tertiary/aromatic N) is 1. The van der Waals surface area contributed by atoms with E-state index in [0.29, 0.717) is 22.1 Å². The fourth-order valence-corrected chi connectivity index (χ4v) is 3.43. The molecule has 1 aromatic carbocycles. The summed E-state index contributed by atoms with van der Waals surface area (Å²) in [6, 6.07) is 11.8. The van der Waals surface area contributed by atoms with E-state index in [1.807, 2.05) is 0 Å². The molecule has 0 bridgehead atoms. The van der Waals surface area contributed by atoms with E-state index in [1.54, 1.807) is 24.3 Å². The molecule has 1 aliphatic heterocycles. The number of furan rings is 1.